The van der Waals surface area contributed by atoms with Gasteiger partial charge in [-0.2, -0.15) is 0 Å². The number of rotatable bonds is 6. The Kier molecular flexibility index (Phi) is 4.94. The lowest BCUT2D eigenvalue weighted by molar-refractivity contribution is -0.119. The highest BCUT2D eigenvalue weighted by atomic mass is 32.1. The third-order valence-corrected chi connectivity index (χ3v) is 5.04. The predicted molar refractivity (Wildman–Crippen MR) is 99.4 cm³/mol. The fraction of sp³-hybridized carbons (Fsp3) is 0.278. The van der Waals surface area contributed by atoms with Gasteiger partial charge in [-0.15, -0.1) is 11.3 Å². The smallest absolute Gasteiger partial charge is 0.269 e. The fourth-order valence-electron chi connectivity index (χ4n) is 2.61. The highest BCUT2D eigenvalue weighted by molar-refractivity contribution is 7.09. The van der Waals surface area contributed by atoms with Crippen molar-refractivity contribution < 1.29 is 14.3 Å². The highest BCUT2D eigenvalue weighted by Crippen LogP contribution is 2.22. The van der Waals surface area contributed by atoms with E-state index in [0.29, 0.717) is 18.1 Å². The summed E-state index contributed by atoms with van der Waals surface area (Å²) in [6, 6.07) is 4.90. The van der Waals surface area contributed by atoms with E-state index in [-0.39, 0.29) is 5.91 Å². The van der Waals surface area contributed by atoms with Crippen LogP contribution in [0.2, 0.25) is 0 Å². The van der Waals surface area contributed by atoms with Crippen LogP contribution in [-0.4, -0.2) is 27.2 Å². The Morgan fingerprint density at radius 2 is 2.15 bits per heavy atom. The summed E-state index contributed by atoms with van der Waals surface area (Å²) < 4.78 is 7.60. The van der Waals surface area contributed by atoms with Gasteiger partial charge in [0.15, 0.2) is 0 Å². The quantitative estimate of drug-likeness (QED) is 0.693. The van der Waals surface area contributed by atoms with E-state index >= 15 is 0 Å². The van der Waals surface area contributed by atoms with Gasteiger partial charge in [0, 0.05) is 5.52 Å². The number of hydrogen-bond donors (Lipinski definition) is 2. The molecule has 0 saturated carbocycles. The van der Waals surface area contributed by atoms with Crippen molar-refractivity contribution in [1.29, 1.82) is 0 Å². The van der Waals surface area contributed by atoms with Gasteiger partial charge in [-0.3, -0.25) is 9.59 Å². The standard InChI is InChI=1S/C18H20N4O3S/c1-10-6-13-4-5-14(25-8-15-11(2)20-9-26-15)7-22(13)16(10)18(24)21-12(3)17(19)23/h4-7,9,12H,8H2,1-3H3,(H2,19,23)(H,21,24). The van der Waals surface area contributed by atoms with Gasteiger partial charge in [-0.25, -0.2) is 4.98 Å². The molecule has 1 atom stereocenters. The van der Waals surface area contributed by atoms with E-state index in [9.17, 15) is 9.59 Å². The number of nitrogens with zero attached hydrogens (tertiary/aromatic N) is 2. The molecule has 0 aliphatic rings. The first kappa shape index (κ1) is 17.9. The summed E-state index contributed by atoms with van der Waals surface area (Å²) in [5, 5.41) is 2.61. The van der Waals surface area contributed by atoms with Crippen molar-refractivity contribution in [3.8, 4) is 5.75 Å². The zero-order valence-corrected chi connectivity index (χ0v) is 15.6. The second kappa shape index (κ2) is 7.17. The van der Waals surface area contributed by atoms with Crippen LogP contribution in [0.25, 0.3) is 5.52 Å². The molecule has 3 N–H and O–H groups in total. The van der Waals surface area contributed by atoms with Crippen molar-refractivity contribution in [2.24, 2.45) is 5.73 Å². The first-order valence-corrected chi connectivity index (χ1v) is 8.98. The molecule has 0 aliphatic carbocycles. The zero-order chi connectivity index (χ0) is 18.8. The van der Waals surface area contributed by atoms with Crippen molar-refractivity contribution in [1.82, 2.24) is 14.7 Å². The summed E-state index contributed by atoms with van der Waals surface area (Å²) >= 11 is 1.54. The van der Waals surface area contributed by atoms with Crippen molar-refractivity contribution in [2.75, 3.05) is 0 Å². The maximum Gasteiger partial charge on any atom is 0.269 e. The number of ether oxygens (including phenoxy) is 1. The third kappa shape index (κ3) is 3.55. The van der Waals surface area contributed by atoms with Crippen molar-refractivity contribution in [2.45, 2.75) is 33.4 Å². The maximum absolute atomic E-state index is 12.6. The van der Waals surface area contributed by atoms with E-state index in [1.807, 2.05) is 32.0 Å². The van der Waals surface area contributed by atoms with Crippen LogP contribution in [0.15, 0.2) is 29.9 Å². The number of hydrogen-bond acceptors (Lipinski definition) is 5. The number of nitrogens with two attached hydrogens (primary N) is 1. The Bertz CT molecular complexity index is 976. The van der Waals surface area contributed by atoms with Crippen LogP contribution in [0.4, 0.5) is 0 Å². The molecule has 0 aliphatic heterocycles. The van der Waals surface area contributed by atoms with Gasteiger partial charge in [-0.05, 0) is 44.5 Å². The SMILES string of the molecule is Cc1cc2ccc(OCc3scnc3C)cn2c1C(=O)NC(C)C(N)=O. The van der Waals surface area contributed by atoms with E-state index < -0.39 is 11.9 Å². The zero-order valence-electron chi connectivity index (χ0n) is 14.8. The summed E-state index contributed by atoms with van der Waals surface area (Å²) in [5.74, 6) is -0.303. The Morgan fingerprint density at radius 1 is 1.38 bits per heavy atom. The lowest BCUT2D eigenvalue weighted by Crippen LogP contribution is -2.42. The molecule has 2 amide bonds. The normalized spacial score (nSPS) is 12.1. The first-order chi connectivity index (χ1) is 12.4. The lowest BCUT2D eigenvalue weighted by Gasteiger charge is -2.12. The molecule has 3 aromatic heterocycles. The third-order valence-electron chi connectivity index (χ3n) is 4.14. The molecule has 26 heavy (non-hydrogen) atoms. The number of pyridine rings is 1. The fourth-order valence-corrected chi connectivity index (χ4v) is 3.30. The second-order valence-electron chi connectivity index (χ2n) is 6.08. The van der Waals surface area contributed by atoms with Gasteiger partial charge in [0.2, 0.25) is 5.91 Å². The molecule has 0 saturated heterocycles. The Balaban J connectivity index is 1.87. The van der Waals surface area contributed by atoms with Crippen LogP contribution in [-0.2, 0) is 11.4 Å². The van der Waals surface area contributed by atoms with E-state index in [1.165, 1.54) is 0 Å². The molecular weight excluding hydrogens is 352 g/mol. The Labute approximate surface area is 154 Å². The number of primary amides is 1. The molecule has 0 fully saturated rings. The van der Waals surface area contributed by atoms with E-state index in [0.717, 1.165) is 21.7 Å². The molecule has 7 nitrogen and oxygen atoms in total. The molecule has 8 heteroatoms. The Hall–Kier alpha value is -2.87. The van der Waals surface area contributed by atoms with Gasteiger partial charge in [0.25, 0.3) is 5.91 Å². The van der Waals surface area contributed by atoms with Crippen molar-refractivity contribution in [3.63, 3.8) is 0 Å². The van der Waals surface area contributed by atoms with Crippen LogP contribution in [0.1, 0.15) is 33.5 Å². The van der Waals surface area contributed by atoms with Crippen LogP contribution in [0.5, 0.6) is 5.75 Å². The summed E-state index contributed by atoms with van der Waals surface area (Å²) in [6.45, 7) is 5.76. The minimum absolute atomic E-state index is 0.357. The first-order valence-electron chi connectivity index (χ1n) is 8.10. The number of nitrogens with one attached hydrogen (secondary N) is 1. The highest BCUT2D eigenvalue weighted by Gasteiger charge is 2.19. The topological polar surface area (TPSA) is 98.7 Å². The predicted octanol–water partition coefficient (Wildman–Crippen LogP) is 2.20. The van der Waals surface area contributed by atoms with E-state index in [2.05, 4.69) is 10.3 Å². The van der Waals surface area contributed by atoms with Crippen LogP contribution >= 0.6 is 11.3 Å². The molecule has 0 radical (unpaired) electrons. The van der Waals surface area contributed by atoms with Gasteiger partial charge < -0.3 is 20.2 Å². The number of aryl methyl sites for hydroxylation is 2. The second-order valence-corrected chi connectivity index (χ2v) is 7.02. The summed E-state index contributed by atoms with van der Waals surface area (Å²) in [4.78, 5) is 29.0. The molecule has 1 unspecified atom stereocenters. The number of amides is 2. The van der Waals surface area contributed by atoms with Crippen LogP contribution in [0.3, 0.4) is 0 Å². The largest absolute Gasteiger partial charge is 0.486 e. The number of aromatic nitrogens is 2. The molecule has 3 heterocycles. The molecule has 0 aromatic carbocycles. The summed E-state index contributed by atoms with van der Waals surface area (Å²) in [6.07, 6.45) is 1.77. The molecule has 3 rings (SSSR count). The Morgan fingerprint density at radius 3 is 2.81 bits per heavy atom. The summed E-state index contributed by atoms with van der Waals surface area (Å²) in [5.41, 5.74) is 10.1. The van der Waals surface area contributed by atoms with Gasteiger partial charge in [0.05, 0.1) is 22.3 Å². The van der Waals surface area contributed by atoms with Crippen LogP contribution < -0.4 is 15.8 Å². The van der Waals surface area contributed by atoms with Gasteiger partial charge in [-0.1, -0.05) is 0 Å². The number of fused-ring (bicyclic) bond motifs is 1. The maximum atomic E-state index is 12.6. The van der Waals surface area contributed by atoms with Crippen molar-refractivity contribution >= 4 is 28.7 Å². The van der Waals surface area contributed by atoms with E-state index in [1.54, 1.807) is 34.4 Å². The van der Waals surface area contributed by atoms with E-state index in [4.69, 9.17) is 10.5 Å². The minimum Gasteiger partial charge on any atom is -0.486 e. The van der Waals surface area contributed by atoms with Gasteiger partial charge in [0.1, 0.15) is 24.1 Å². The molecule has 3 aromatic rings. The van der Waals surface area contributed by atoms with Gasteiger partial charge >= 0.3 is 0 Å². The monoisotopic (exact) mass is 372 g/mol. The minimum atomic E-state index is -0.749. The molecule has 0 bridgehead atoms. The average Bonchev–Trinajstić information content (AvgIpc) is 3.14. The average molecular weight is 372 g/mol. The van der Waals surface area contributed by atoms with Crippen molar-refractivity contribution in [3.05, 3.63) is 51.7 Å². The molecular formula is C18H20N4O3S. The number of carbonyl (C=O) groups excluding carboxylic acids is 2. The van der Waals surface area contributed by atoms with Crippen LogP contribution in [0, 0.1) is 13.8 Å². The number of carbonyl (C=O) groups is 2. The summed E-state index contributed by atoms with van der Waals surface area (Å²) in [7, 11) is 0. The molecule has 136 valence electrons. The number of thiazole rings is 1. The molecule has 0 spiro atoms. The lowest BCUT2D eigenvalue weighted by atomic mass is 10.2.